The fourth-order valence-electron chi connectivity index (χ4n) is 3.21. The van der Waals surface area contributed by atoms with Gasteiger partial charge in [-0.05, 0) is 63.0 Å². The van der Waals surface area contributed by atoms with Gasteiger partial charge in [-0.2, -0.15) is 0 Å². The first-order valence-corrected chi connectivity index (χ1v) is 8.41. The number of aliphatic hydroxyl groups is 1. The summed E-state index contributed by atoms with van der Waals surface area (Å²) >= 11 is 0. The number of aryl methyl sites for hydroxylation is 1. The van der Waals surface area contributed by atoms with Crippen LogP contribution in [0, 0.1) is 6.92 Å². The van der Waals surface area contributed by atoms with Crippen LogP contribution in [0.2, 0.25) is 0 Å². The van der Waals surface area contributed by atoms with E-state index < -0.39 is 0 Å². The summed E-state index contributed by atoms with van der Waals surface area (Å²) in [4.78, 5) is 2.33. The van der Waals surface area contributed by atoms with E-state index in [1.54, 1.807) is 14.2 Å². The van der Waals surface area contributed by atoms with E-state index in [0.717, 1.165) is 42.3 Å². The first-order valence-electron chi connectivity index (χ1n) is 8.41. The molecule has 0 bridgehead atoms. The van der Waals surface area contributed by atoms with Gasteiger partial charge in [-0.3, -0.25) is 0 Å². The molecule has 1 aliphatic rings. The molecule has 1 aromatic rings. The number of hydrogen-bond donors (Lipinski definition) is 2. The molecular weight excluding hydrogens is 292 g/mol. The quantitative estimate of drug-likeness (QED) is 0.768. The zero-order valence-electron chi connectivity index (χ0n) is 14.8. The first kappa shape index (κ1) is 18.0. The fraction of sp³-hybridized carbons (Fsp3) is 0.667. The van der Waals surface area contributed by atoms with E-state index >= 15 is 0 Å². The molecule has 0 spiro atoms. The minimum atomic E-state index is -0.337. The average molecular weight is 322 g/mol. The predicted octanol–water partition coefficient (Wildman–Crippen LogP) is 2.12. The fourth-order valence-corrected chi connectivity index (χ4v) is 3.21. The molecule has 2 atom stereocenters. The first-order chi connectivity index (χ1) is 11.0. The second-order valence-corrected chi connectivity index (χ2v) is 6.36. The number of benzene rings is 1. The van der Waals surface area contributed by atoms with Crippen LogP contribution in [0.4, 0.5) is 0 Å². The SMILES string of the molecule is COc1cc(C)c(C(C)NCC(O)CN2CCCC2)cc1OC. The molecule has 0 aliphatic carbocycles. The summed E-state index contributed by atoms with van der Waals surface area (Å²) in [6, 6.07) is 4.15. The Hall–Kier alpha value is -1.30. The second-order valence-electron chi connectivity index (χ2n) is 6.36. The molecular formula is C18H30N2O3. The van der Waals surface area contributed by atoms with Crippen LogP contribution in [-0.2, 0) is 0 Å². The molecule has 1 aliphatic heterocycles. The highest BCUT2D eigenvalue weighted by atomic mass is 16.5. The van der Waals surface area contributed by atoms with Crippen LogP contribution in [0.1, 0.15) is 36.9 Å². The van der Waals surface area contributed by atoms with Crippen molar-refractivity contribution in [1.82, 2.24) is 10.2 Å². The molecule has 1 aromatic carbocycles. The van der Waals surface area contributed by atoms with Crippen LogP contribution in [0.25, 0.3) is 0 Å². The number of nitrogens with zero attached hydrogens (tertiary/aromatic N) is 1. The highest BCUT2D eigenvalue weighted by Crippen LogP contribution is 2.32. The maximum atomic E-state index is 10.2. The van der Waals surface area contributed by atoms with E-state index in [1.165, 1.54) is 12.8 Å². The van der Waals surface area contributed by atoms with Crippen LogP contribution >= 0.6 is 0 Å². The number of rotatable bonds is 8. The van der Waals surface area contributed by atoms with Crippen LogP contribution in [0.15, 0.2) is 12.1 Å². The number of likely N-dealkylation sites (tertiary alicyclic amines) is 1. The standard InChI is InChI=1S/C18H30N2O3/c1-13-9-17(22-3)18(23-4)10-16(13)14(2)19-11-15(21)12-20-7-5-6-8-20/h9-10,14-15,19,21H,5-8,11-12H2,1-4H3. The summed E-state index contributed by atoms with van der Waals surface area (Å²) in [6.45, 7) is 7.74. The third-order valence-electron chi connectivity index (χ3n) is 4.57. The maximum Gasteiger partial charge on any atom is 0.161 e. The Labute approximate surface area is 139 Å². The van der Waals surface area contributed by atoms with Crippen molar-refractivity contribution in [1.29, 1.82) is 0 Å². The second kappa shape index (κ2) is 8.52. The number of methoxy groups -OCH3 is 2. The Morgan fingerprint density at radius 1 is 1.17 bits per heavy atom. The molecule has 1 heterocycles. The summed E-state index contributed by atoms with van der Waals surface area (Å²) in [5.41, 5.74) is 2.31. The van der Waals surface area contributed by atoms with Gasteiger partial charge in [0.15, 0.2) is 11.5 Å². The highest BCUT2D eigenvalue weighted by Gasteiger charge is 2.18. The van der Waals surface area contributed by atoms with Crippen molar-refractivity contribution in [2.75, 3.05) is 40.4 Å². The Morgan fingerprint density at radius 3 is 2.39 bits per heavy atom. The third-order valence-corrected chi connectivity index (χ3v) is 4.57. The lowest BCUT2D eigenvalue weighted by molar-refractivity contribution is 0.121. The molecule has 1 fully saturated rings. The minimum absolute atomic E-state index is 0.142. The average Bonchev–Trinajstić information content (AvgIpc) is 3.05. The van der Waals surface area contributed by atoms with E-state index in [9.17, 15) is 5.11 Å². The lowest BCUT2D eigenvalue weighted by atomic mass is 10.0. The van der Waals surface area contributed by atoms with Crippen LogP contribution in [0.5, 0.6) is 11.5 Å². The smallest absolute Gasteiger partial charge is 0.161 e. The predicted molar refractivity (Wildman–Crippen MR) is 92.4 cm³/mol. The number of aliphatic hydroxyl groups excluding tert-OH is 1. The van der Waals surface area contributed by atoms with Gasteiger partial charge in [-0.25, -0.2) is 0 Å². The molecule has 23 heavy (non-hydrogen) atoms. The molecule has 2 N–H and O–H groups in total. The van der Waals surface area contributed by atoms with Gasteiger partial charge in [0.2, 0.25) is 0 Å². The molecule has 5 nitrogen and oxygen atoms in total. The van der Waals surface area contributed by atoms with Gasteiger partial charge < -0.3 is 24.8 Å². The van der Waals surface area contributed by atoms with Crippen molar-refractivity contribution in [3.63, 3.8) is 0 Å². The van der Waals surface area contributed by atoms with Gasteiger partial charge in [0.25, 0.3) is 0 Å². The van der Waals surface area contributed by atoms with Gasteiger partial charge in [0.1, 0.15) is 0 Å². The minimum Gasteiger partial charge on any atom is -0.493 e. The summed E-state index contributed by atoms with van der Waals surface area (Å²) in [7, 11) is 3.29. The lowest BCUT2D eigenvalue weighted by Gasteiger charge is -2.23. The van der Waals surface area contributed by atoms with Gasteiger partial charge in [0, 0.05) is 19.1 Å². The number of hydrogen-bond acceptors (Lipinski definition) is 5. The summed E-state index contributed by atoms with van der Waals surface area (Å²) in [6.07, 6.45) is 2.17. The van der Waals surface area contributed by atoms with E-state index in [1.807, 2.05) is 12.1 Å². The topological polar surface area (TPSA) is 54.0 Å². The Balaban J connectivity index is 1.93. The van der Waals surface area contributed by atoms with E-state index in [-0.39, 0.29) is 12.1 Å². The maximum absolute atomic E-state index is 10.2. The number of β-amino-alcohol motifs (C(OH)–C–C–N with tert-alkyl or cyclic N) is 1. The van der Waals surface area contributed by atoms with Gasteiger partial charge in [-0.15, -0.1) is 0 Å². The molecule has 0 radical (unpaired) electrons. The van der Waals surface area contributed by atoms with Crippen LogP contribution in [-0.4, -0.2) is 56.5 Å². The van der Waals surface area contributed by atoms with Crippen molar-refractivity contribution in [2.45, 2.75) is 38.8 Å². The van der Waals surface area contributed by atoms with E-state index in [0.29, 0.717) is 6.54 Å². The molecule has 0 saturated carbocycles. The van der Waals surface area contributed by atoms with Crippen molar-refractivity contribution < 1.29 is 14.6 Å². The molecule has 130 valence electrons. The van der Waals surface area contributed by atoms with Crippen LogP contribution in [0.3, 0.4) is 0 Å². The van der Waals surface area contributed by atoms with Gasteiger partial charge >= 0.3 is 0 Å². The summed E-state index contributed by atoms with van der Waals surface area (Å²) in [5.74, 6) is 1.48. The van der Waals surface area contributed by atoms with E-state index in [4.69, 9.17) is 9.47 Å². The molecule has 0 amide bonds. The monoisotopic (exact) mass is 322 g/mol. The molecule has 2 unspecified atom stereocenters. The van der Waals surface area contributed by atoms with Crippen molar-refractivity contribution >= 4 is 0 Å². The van der Waals surface area contributed by atoms with Crippen molar-refractivity contribution in [3.8, 4) is 11.5 Å². The molecule has 2 rings (SSSR count). The zero-order valence-corrected chi connectivity index (χ0v) is 14.8. The lowest BCUT2D eigenvalue weighted by Crippen LogP contribution is -2.38. The largest absolute Gasteiger partial charge is 0.493 e. The molecule has 5 heteroatoms. The highest BCUT2D eigenvalue weighted by molar-refractivity contribution is 5.47. The Morgan fingerprint density at radius 2 is 1.78 bits per heavy atom. The summed E-state index contributed by atoms with van der Waals surface area (Å²) in [5, 5.41) is 13.6. The molecule has 1 saturated heterocycles. The summed E-state index contributed by atoms with van der Waals surface area (Å²) < 4.78 is 10.7. The zero-order chi connectivity index (χ0) is 16.8. The Bertz CT molecular complexity index is 501. The van der Waals surface area contributed by atoms with Crippen LogP contribution < -0.4 is 14.8 Å². The van der Waals surface area contributed by atoms with Gasteiger partial charge in [0.05, 0.1) is 20.3 Å². The molecule has 0 aromatic heterocycles. The van der Waals surface area contributed by atoms with E-state index in [2.05, 4.69) is 24.1 Å². The number of nitrogens with one attached hydrogen (secondary N) is 1. The Kier molecular flexibility index (Phi) is 6.69. The van der Waals surface area contributed by atoms with Crippen molar-refractivity contribution in [3.05, 3.63) is 23.3 Å². The van der Waals surface area contributed by atoms with Gasteiger partial charge in [-0.1, -0.05) is 0 Å². The van der Waals surface area contributed by atoms with Crippen molar-refractivity contribution in [2.24, 2.45) is 0 Å². The normalized spacial score (nSPS) is 18.0. The number of ether oxygens (including phenoxy) is 2. The third kappa shape index (κ3) is 4.83.